The molecule has 0 saturated carbocycles. The molecule has 0 aliphatic rings. The Bertz CT molecular complexity index is 305. The Labute approximate surface area is 85.8 Å². The van der Waals surface area contributed by atoms with Gasteiger partial charge in [-0.25, -0.2) is 0 Å². The molecule has 0 aliphatic heterocycles. The van der Waals surface area contributed by atoms with E-state index in [9.17, 15) is 5.11 Å². The van der Waals surface area contributed by atoms with Crippen LogP contribution in [0.3, 0.4) is 0 Å². The van der Waals surface area contributed by atoms with Crippen molar-refractivity contribution in [3.05, 3.63) is 35.4 Å². The van der Waals surface area contributed by atoms with Crippen LogP contribution in [-0.4, -0.2) is 5.11 Å². The van der Waals surface area contributed by atoms with E-state index in [2.05, 4.69) is 12.8 Å². The second-order valence-corrected chi connectivity index (χ2v) is 3.42. The third-order valence-corrected chi connectivity index (χ3v) is 2.29. The molecule has 0 radical (unpaired) electrons. The zero-order valence-electron chi connectivity index (χ0n) is 8.53. The summed E-state index contributed by atoms with van der Waals surface area (Å²) in [6.45, 7) is 2.12. The second-order valence-electron chi connectivity index (χ2n) is 3.42. The lowest BCUT2D eigenvalue weighted by atomic mass is 10.0. The first kappa shape index (κ1) is 10.8. The maximum Gasteiger partial charge on any atom is 0.0790 e. The van der Waals surface area contributed by atoms with E-state index in [1.165, 1.54) is 0 Å². The lowest BCUT2D eigenvalue weighted by molar-refractivity contribution is 0.164. The molecule has 0 spiro atoms. The van der Waals surface area contributed by atoms with Crippen LogP contribution in [0.2, 0.25) is 0 Å². The van der Waals surface area contributed by atoms with Crippen LogP contribution in [-0.2, 0) is 0 Å². The summed E-state index contributed by atoms with van der Waals surface area (Å²) in [7, 11) is 0. The SMILES string of the molecule is C#Cc1ccc([C@@H](O)CCCC)cc1. The van der Waals surface area contributed by atoms with Gasteiger partial charge in [-0.2, -0.15) is 0 Å². The average molecular weight is 188 g/mol. The number of aliphatic hydroxyl groups is 1. The summed E-state index contributed by atoms with van der Waals surface area (Å²) >= 11 is 0. The molecule has 0 fully saturated rings. The van der Waals surface area contributed by atoms with Crippen molar-refractivity contribution in [2.45, 2.75) is 32.3 Å². The standard InChI is InChI=1S/C13H16O/c1-3-5-6-13(14)12-9-7-11(4-2)8-10-12/h2,7-10,13-14H,3,5-6H2,1H3/t13-/m0/s1. The van der Waals surface area contributed by atoms with Gasteiger partial charge < -0.3 is 5.11 Å². The van der Waals surface area contributed by atoms with Crippen LogP contribution in [0.1, 0.15) is 43.4 Å². The van der Waals surface area contributed by atoms with Gasteiger partial charge in [0.25, 0.3) is 0 Å². The minimum atomic E-state index is -0.346. The Morgan fingerprint density at radius 1 is 1.36 bits per heavy atom. The Morgan fingerprint density at radius 3 is 2.50 bits per heavy atom. The van der Waals surface area contributed by atoms with Gasteiger partial charge in [0.2, 0.25) is 0 Å². The highest BCUT2D eigenvalue weighted by Gasteiger charge is 2.05. The van der Waals surface area contributed by atoms with E-state index in [1.54, 1.807) is 0 Å². The van der Waals surface area contributed by atoms with Crippen LogP contribution in [0.4, 0.5) is 0 Å². The van der Waals surface area contributed by atoms with Crippen LogP contribution < -0.4 is 0 Å². The highest BCUT2D eigenvalue weighted by atomic mass is 16.3. The smallest absolute Gasteiger partial charge is 0.0790 e. The van der Waals surface area contributed by atoms with Crippen molar-refractivity contribution in [2.75, 3.05) is 0 Å². The summed E-state index contributed by atoms with van der Waals surface area (Å²) < 4.78 is 0. The fourth-order valence-electron chi connectivity index (χ4n) is 1.37. The monoisotopic (exact) mass is 188 g/mol. The number of unbranched alkanes of at least 4 members (excludes halogenated alkanes) is 1. The van der Waals surface area contributed by atoms with Crippen molar-refractivity contribution in [3.63, 3.8) is 0 Å². The van der Waals surface area contributed by atoms with Crippen LogP contribution in [0, 0.1) is 12.3 Å². The van der Waals surface area contributed by atoms with Gasteiger partial charge in [-0.3, -0.25) is 0 Å². The van der Waals surface area contributed by atoms with Crippen molar-refractivity contribution in [3.8, 4) is 12.3 Å². The van der Waals surface area contributed by atoms with Gasteiger partial charge in [0.1, 0.15) is 0 Å². The van der Waals surface area contributed by atoms with E-state index in [-0.39, 0.29) is 6.10 Å². The topological polar surface area (TPSA) is 20.2 Å². The van der Waals surface area contributed by atoms with E-state index in [0.29, 0.717) is 0 Å². The van der Waals surface area contributed by atoms with Gasteiger partial charge in [-0.05, 0) is 24.1 Å². The minimum absolute atomic E-state index is 0.346. The molecular formula is C13H16O. The number of terminal acetylenes is 1. The third-order valence-electron chi connectivity index (χ3n) is 2.29. The molecule has 0 aliphatic carbocycles. The van der Waals surface area contributed by atoms with Crippen molar-refractivity contribution < 1.29 is 5.11 Å². The molecule has 0 heterocycles. The normalized spacial score (nSPS) is 12.1. The largest absolute Gasteiger partial charge is 0.388 e. The molecule has 0 amide bonds. The number of hydrogen-bond donors (Lipinski definition) is 1. The highest BCUT2D eigenvalue weighted by molar-refractivity contribution is 5.34. The second kappa shape index (κ2) is 5.47. The summed E-state index contributed by atoms with van der Waals surface area (Å²) in [6, 6.07) is 7.53. The summed E-state index contributed by atoms with van der Waals surface area (Å²) in [5.41, 5.74) is 1.81. The number of hydrogen-bond acceptors (Lipinski definition) is 1. The fraction of sp³-hybridized carbons (Fsp3) is 0.385. The maximum atomic E-state index is 9.76. The van der Waals surface area contributed by atoms with E-state index < -0.39 is 0 Å². The molecule has 0 saturated heterocycles. The molecule has 0 unspecified atom stereocenters. The predicted molar refractivity (Wildman–Crippen MR) is 58.9 cm³/mol. The average Bonchev–Trinajstić information content (AvgIpc) is 2.26. The molecule has 74 valence electrons. The first-order chi connectivity index (χ1) is 6.77. The van der Waals surface area contributed by atoms with Gasteiger partial charge in [0.05, 0.1) is 6.10 Å². The number of rotatable bonds is 4. The molecular weight excluding hydrogens is 172 g/mol. The number of aliphatic hydroxyl groups excluding tert-OH is 1. The van der Waals surface area contributed by atoms with Crippen LogP contribution >= 0.6 is 0 Å². The molecule has 0 aromatic heterocycles. The fourth-order valence-corrected chi connectivity index (χ4v) is 1.37. The lowest BCUT2D eigenvalue weighted by Crippen LogP contribution is -1.96. The maximum absolute atomic E-state index is 9.76. The number of benzene rings is 1. The first-order valence-corrected chi connectivity index (χ1v) is 5.02. The van der Waals surface area contributed by atoms with Gasteiger partial charge in [-0.15, -0.1) is 6.42 Å². The van der Waals surface area contributed by atoms with Gasteiger partial charge in [0.15, 0.2) is 0 Å². The van der Waals surface area contributed by atoms with E-state index in [4.69, 9.17) is 6.42 Å². The van der Waals surface area contributed by atoms with Crippen molar-refractivity contribution in [1.29, 1.82) is 0 Å². The molecule has 14 heavy (non-hydrogen) atoms. The Hall–Kier alpha value is -1.26. The van der Waals surface area contributed by atoms with Gasteiger partial charge >= 0.3 is 0 Å². The first-order valence-electron chi connectivity index (χ1n) is 5.02. The quantitative estimate of drug-likeness (QED) is 0.720. The summed E-state index contributed by atoms with van der Waals surface area (Å²) in [4.78, 5) is 0. The summed E-state index contributed by atoms with van der Waals surface area (Å²) in [6.07, 6.45) is 7.89. The molecule has 1 aromatic carbocycles. The zero-order chi connectivity index (χ0) is 10.4. The predicted octanol–water partition coefficient (Wildman–Crippen LogP) is 2.89. The zero-order valence-corrected chi connectivity index (χ0v) is 8.53. The lowest BCUT2D eigenvalue weighted by Gasteiger charge is -2.09. The Kier molecular flexibility index (Phi) is 4.22. The summed E-state index contributed by atoms with van der Waals surface area (Å²) in [5.74, 6) is 2.55. The van der Waals surface area contributed by atoms with Crippen molar-refractivity contribution in [2.24, 2.45) is 0 Å². The van der Waals surface area contributed by atoms with Crippen molar-refractivity contribution >= 4 is 0 Å². The van der Waals surface area contributed by atoms with Gasteiger partial charge in [-0.1, -0.05) is 37.8 Å². The van der Waals surface area contributed by atoms with Crippen LogP contribution in [0.5, 0.6) is 0 Å². The molecule has 1 aromatic rings. The molecule has 0 bridgehead atoms. The molecule has 1 N–H and O–H groups in total. The molecule has 1 nitrogen and oxygen atoms in total. The Balaban J connectivity index is 2.63. The van der Waals surface area contributed by atoms with E-state index in [0.717, 1.165) is 30.4 Å². The van der Waals surface area contributed by atoms with E-state index >= 15 is 0 Å². The molecule has 1 atom stereocenters. The van der Waals surface area contributed by atoms with Crippen LogP contribution in [0.15, 0.2) is 24.3 Å². The summed E-state index contributed by atoms with van der Waals surface area (Å²) in [5, 5.41) is 9.76. The highest BCUT2D eigenvalue weighted by Crippen LogP contribution is 2.19. The molecule has 1 rings (SSSR count). The molecule has 1 heteroatoms. The Morgan fingerprint density at radius 2 is 2.00 bits per heavy atom. The van der Waals surface area contributed by atoms with Gasteiger partial charge in [0, 0.05) is 5.56 Å². The minimum Gasteiger partial charge on any atom is -0.388 e. The van der Waals surface area contributed by atoms with E-state index in [1.807, 2.05) is 24.3 Å². The third kappa shape index (κ3) is 2.90. The van der Waals surface area contributed by atoms with Crippen molar-refractivity contribution in [1.82, 2.24) is 0 Å². The van der Waals surface area contributed by atoms with Crippen LogP contribution in [0.25, 0.3) is 0 Å².